The first kappa shape index (κ1) is 24.2. The van der Waals surface area contributed by atoms with E-state index < -0.39 is 37.2 Å². The van der Waals surface area contributed by atoms with Gasteiger partial charge in [0, 0.05) is 12.3 Å². The van der Waals surface area contributed by atoms with Crippen LogP contribution in [0, 0.1) is 0 Å². The normalized spacial score (nSPS) is 20.5. The largest absolute Gasteiger partial charge is 0.423 e. The number of hydrogen-bond acceptors (Lipinski definition) is 10. The lowest BCUT2D eigenvalue weighted by Crippen LogP contribution is -2.34. The van der Waals surface area contributed by atoms with Crippen LogP contribution in [0.3, 0.4) is 0 Å². The van der Waals surface area contributed by atoms with Gasteiger partial charge in [-0.2, -0.15) is 13.1 Å². The molecule has 4 aromatic rings. The predicted molar refractivity (Wildman–Crippen MR) is 135 cm³/mol. The molecule has 1 unspecified atom stereocenters. The number of amides is 1. The molecular weight excluding hydrogens is 538 g/mol. The summed E-state index contributed by atoms with van der Waals surface area (Å²) in [5.41, 5.74) is 2.64. The molecule has 11 nitrogen and oxygen atoms in total. The van der Waals surface area contributed by atoms with Crippen molar-refractivity contribution in [2.45, 2.75) is 36.6 Å². The SMILES string of the molecule is CS(=O)(=O)C(c1nnc(C[C@@H]2NS(=O)(=O)N(C3CC3)C2=O)o1)c1nc2ccc(-c3ccccc3)cc2s1. The Morgan fingerprint density at radius 1 is 1.14 bits per heavy atom. The number of rotatable bonds is 7. The highest BCUT2D eigenvalue weighted by atomic mass is 32.2. The van der Waals surface area contributed by atoms with Crippen LogP contribution in [-0.4, -0.2) is 60.6 Å². The van der Waals surface area contributed by atoms with Gasteiger partial charge in [0.25, 0.3) is 5.91 Å². The van der Waals surface area contributed by atoms with Crippen molar-refractivity contribution in [3.63, 3.8) is 0 Å². The molecule has 3 heterocycles. The van der Waals surface area contributed by atoms with E-state index in [2.05, 4.69) is 19.9 Å². The first-order valence-electron chi connectivity index (χ1n) is 11.4. The molecule has 2 fully saturated rings. The Labute approximate surface area is 216 Å². The zero-order chi connectivity index (χ0) is 25.9. The fourth-order valence-corrected chi connectivity index (χ4v) is 8.49. The molecule has 1 aliphatic carbocycles. The van der Waals surface area contributed by atoms with Crippen LogP contribution in [0.15, 0.2) is 52.9 Å². The van der Waals surface area contributed by atoms with Gasteiger partial charge in [-0.05, 0) is 36.1 Å². The lowest BCUT2D eigenvalue weighted by Gasteiger charge is -2.11. The molecular formula is C23H21N5O6S3. The second-order valence-corrected chi connectivity index (χ2v) is 13.9. The number of nitrogens with one attached hydrogen (secondary N) is 1. The molecule has 0 bridgehead atoms. The summed E-state index contributed by atoms with van der Waals surface area (Å²) in [4.78, 5) is 17.2. The van der Waals surface area contributed by atoms with E-state index in [1.807, 2.05) is 48.5 Å². The van der Waals surface area contributed by atoms with E-state index in [0.717, 1.165) is 26.4 Å². The molecule has 2 atom stereocenters. The van der Waals surface area contributed by atoms with E-state index in [0.29, 0.717) is 18.4 Å². The van der Waals surface area contributed by atoms with Gasteiger partial charge in [-0.1, -0.05) is 36.4 Å². The molecule has 0 spiro atoms. The number of nitrogens with zero attached hydrogens (tertiary/aromatic N) is 4. The fraction of sp³-hybridized carbons (Fsp3) is 0.304. The maximum Gasteiger partial charge on any atom is 0.304 e. The zero-order valence-electron chi connectivity index (χ0n) is 19.4. The number of benzene rings is 2. The number of fused-ring (bicyclic) bond motifs is 1. The molecule has 37 heavy (non-hydrogen) atoms. The van der Waals surface area contributed by atoms with E-state index in [1.165, 1.54) is 11.3 Å². The minimum atomic E-state index is -3.92. The number of sulfone groups is 1. The maximum absolute atomic E-state index is 12.8. The molecule has 1 amide bonds. The van der Waals surface area contributed by atoms with E-state index in [1.54, 1.807) is 0 Å². The molecule has 2 aromatic heterocycles. The summed E-state index contributed by atoms with van der Waals surface area (Å²) in [6, 6.07) is 14.1. The third-order valence-electron chi connectivity index (χ3n) is 6.19. The number of hydrogen-bond donors (Lipinski definition) is 1. The van der Waals surface area contributed by atoms with Crippen LogP contribution in [0.4, 0.5) is 0 Å². The van der Waals surface area contributed by atoms with Crippen LogP contribution in [0.1, 0.15) is 34.9 Å². The highest BCUT2D eigenvalue weighted by Gasteiger charge is 2.50. The topological polar surface area (TPSA) is 152 Å². The van der Waals surface area contributed by atoms with Crippen molar-refractivity contribution in [1.82, 2.24) is 24.2 Å². The summed E-state index contributed by atoms with van der Waals surface area (Å²) in [7, 11) is -7.69. The van der Waals surface area contributed by atoms with Crippen molar-refractivity contribution in [3.8, 4) is 11.1 Å². The van der Waals surface area contributed by atoms with Gasteiger partial charge in [0.2, 0.25) is 11.8 Å². The van der Waals surface area contributed by atoms with Gasteiger partial charge in [-0.3, -0.25) is 4.79 Å². The third-order valence-corrected chi connectivity index (χ3v) is 10.3. The second-order valence-electron chi connectivity index (χ2n) is 9.09. The Hall–Kier alpha value is -3.20. The summed E-state index contributed by atoms with van der Waals surface area (Å²) >= 11 is 1.22. The monoisotopic (exact) mass is 559 g/mol. The van der Waals surface area contributed by atoms with Gasteiger partial charge in [0.15, 0.2) is 15.1 Å². The molecule has 2 aromatic carbocycles. The molecule has 6 rings (SSSR count). The average Bonchev–Trinajstić information content (AvgIpc) is 3.32. The van der Waals surface area contributed by atoms with Gasteiger partial charge in [0.05, 0.1) is 16.6 Å². The number of thiazole rings is 1. The van der Waals surface area contributed by atoms with E-state index in [-0.39, 0.29) is 29.3 Å². The summed E-state index contributed by atoms with van der Waals surface area (Å²) in [5, 5.41) is 6.81. The van der Waals surface area contributed by atoms with Crippen molar-refractivity contribution >= 4 is 47.5 Å². The Morgan fingerprint density at radius 3 is 2.59 bits per heavy atom. The van der Waals surface area contributed by atoms with Gasteiger partial charge < -0.3 is 4.42 Å². The highest BCUT2D eigenvalue weighted by Crippen LogP contribution is 2.37. The standard InChI is InChI=1S/C23H21N5O6S3/c1-36(30,31)20(22-24-16-10-7-14(11-18(16)35-22)13-5-3-2-4-6-13)21-26-25-19(34-21)12-17-23(29)28(15-8-9-15)37(32,33)27-17/h2-7,10-11,15,17,20,27H,8-9,12H2,1H3/t17-,20?/m0/s1. The van der Waals surface area contributed by atoms with Gasteiger partial charge in [-0.15, -0.1) is 21.5 Å². The van der Waals surface area contributed by atoms with Crippen molar-refractivity contribution in [1.29, 1.82) is 0 Å². The molecule has 1 aliphatic heterocycles. The predicted octanol–water partition coefficient (Wildman–Crippen LogP) is 2.23. The number of carbonyl (C=O) groups is 1. The Morgan fingerprint density at radius 2 is 1.89 bits per heavy atom. The summed E-state index contributed by atoms with van der Waals surface area (Å²) in [6.07, 6.45) is 2.14. The summed E-state index contributed by atoms with van der Waals surface area (Å²) < 4.78 is 59.9. The van der Waals surface area contributed by atoms with Gasteiger partial charge in [-0.25, -0.2) is 17.7 Å². The Bertz CT molecular complexity index is 1730. The molecule has 1 N–H and O–H groups in total. The Balaban J connectivity index is 1.29. The number of aromatic nitrogens is 3. The quantitative estimate of drug-likeness (QED) is 0.359. The number of carbonyl (C=O) groups excluding carboxylic acids is 1. The van der Waals surface area contributed by atoms with Gasteiger partial charge >= 0.3 is 10.2 Å². The summed E-state index contributed by atoms with van der Waals surface area (Å²) in [5.74, 6) is -0.815. The lowest BCUT2D eigenvalue weighted by atomic mass is 10.1. The molecule has 2 aliphatic rings. The second kappa shape index (κ2) is 8.68. The van der Waals surface area contributed by atoms with E-state index >= 15 is 0 Å². The molecule has 14 heteroatoms. The first-order chi connectivity index (χ1) is 17.6. The first-order valence-corrected chi connectivity index (χ1v) is 15.6. The maximum atomic E-state index is 12.8. The van der Waals surface area contributed by atoms with Crippen LogP contribution in [0.5, 0.6) is 0 Å². The molecule has 1 saturated heterocycles. The molecule has 1 saturated carbocycles. The summed E-state index contributed by atoms with van der Waals surface area (Å²) in [6.45, 7) is 0. The van der Waals surface area contributed by atoms with Crippen molar-refractivity contribution in [2.75, 3.05) is 6.26 Å². The van der Waals surface area contributed by atoms with Crippen molar-refractivity contribution in [3.05, 3.63) is 65.3 Å². The fourth-order valence-electron chi connectivity index (χ4n) is 4.34. The highest BCUT2D eigenvalue weighted by molar-refractivity contribution is 7.91. The van der Waals surface area contributed by atoms with Crippen LogP contribution in [0.25, 0.3) is 21.3 Å². The minimum absolute atomic E-state index is 0.0465. The zero-order valence-corrected chi connectivity index (χ0v) is 21.9. The van der Waals surface area contributed by atoms with Crippen LogP contribution in [-0.2, 0) is 31.3 Å². The van der Waals surface area contributed by atoms with Crippen molar-refractivity contribution in [2.24, 2.45) is 0 Å². The van der Waals surface area contributed by atoms with Crippen LogP contribution < -0.4 is 4.72 Å². The smallest absolute Gasteiger partial charge is 0.304 e. The van der Waals surface area contributed by atoms with Crippen molar-refractivity contribution < 1.29 is 26.0 Å². The Kier molecular flexibility index (Phi) is 5.67. The van der Waals surface area contributed by atoms with E-state index in [4.69, 9.17) is 4.42 Å². The molecule has 192 valence electrons. The third kappa shape index (κ3) is 4.54. The van der Waals surface area contributed by atoms with E-state index in [9.17, 15) is 21.6 Å². The van der Waals surface area contributed by atoms with Crippen LogP contribution >= 0.6 is 11.3 Å². The van der Waals surface area contributed by atoms with Gasteiger partial charge in [0.1, 0.15) is 11.0 Å². The molecule has 0 radical (unpaired) electrons. The van der Waals surface area contributed by atoms with Crippen LogP contribution in [0.2, 0.25) is 0 Å². The lowest BCUT2D eigenvalue weighted by molar-refractivity contribution is -0.127. The average molecular weight is 560 g/mol. The minimum Gasteiger partial charge on any atom is -0.423 e.